The van der Waals surface area contributed by atoms with Crippen molar-refractivity contribution in [3.8, 4) is 0 Å². The zero-order chi connectivity index (χ0) is 15.2. The van der Waals surface area contributed by atoms with E-state index in [2.05, 4.69) is 38.2 Å². The molecule has 1 aromatic carbocycles. The Bertz CT molecular complexity index is 444. The maximum Gasteiger partial charge on any atom is 0.241 e. The monoisotopic (exact) mass is 288 g/mol. The van der Waals surface area contributed by atoms with E-state index in [9.17, 15) is 4.79 Å². The molecule has 1 saturated heterocycles. The Morgan fingerprint density at radius 1 is 1.19 bits per heavy atom. The zero-order valence-corrected chi connectivity index (χ0v) is 13.5. The maximum atomic E-state index is 12.5. The second kappa shape index (κ2) is 7.60. The van der Waals surface area contributed by atoms with E-state index >= 15 is 0 Å². The lowest BCUT2D eigenvalue weighted by molar-refractivity contribution is -0.130. The van der Waals surface area contributed by atoms with E-state index in [-0.39, 0.29) is 11.9 Å². The van der Waals surface area contributed by atoms with Gasteiger partial charge in [0.2, 0.25) is 5.91 Å². The summed E-state index contributed by atoms with van der Waals surface area (Å²) in [7, 11) is 0. The fraction of sp³-hybridized carbons (Fsp3) is 0.611. The van der Waals surface area contributed by atoms with E-state index in [4.69, 9.17) is 0 Å². The van der Waals surface area contributed by atoms with Crippen LogP contribution in [-0.2, 0) is 11.2 Å². The molecule has 1 fully saturated rings. The molecule has 1 aromatic rings. The molecule has 3 heteroatoms. The van der Waals surface area contributed by atoms with Crippen molar-refractivity contribution in [1.29, 1.82) is 0 Å². The van der Waals surface area contributed by atoms with Crippen LogP contribution in [0.15, 0.2) is 30.3 Å². The Balaban J connectivity index is 1.83. The molecule has 1 heterocycles. The number of benzene rings is 1. The Kier molecular flexibility index (Phi) is 5.80. The third-order valence-corrected chi connectivity index (χ3v) is 4.31. The normalized spacial score (nSPS) is 20.3. The Hall–Kier alpha value is -1.35. The van der Waals surface area contributed by atoms with E-state index in [1.54, 1.807) is 0 Å². The van der Waals surface area contributed by atoms with Gasteiger partial charge in [-0.1, -0.05) is 57.0 Å². The number of hydrogen-bond donors (Lipinski definition) is 1. The Labute approximate surface area is 128 Å². The van der Waals surface area contributed by atoms with Gasteiger partial charge in [0.15, 0.2) is 0 Å². The van der Waals surface area contributed by atoms with Crippen LogP contribution in [0, 0.1) is 5.92 Å². The summed E-state index contributed by atoms with van der Waals surface area (Å²) in [5.41, 5.74) is 1.22. The summed E-state index contributed by atoms with van der Waals surface area (Å²) in [6.07, 6.45) is 4.33. The molecule has 1 aliphatic rings. The highest BCUT2D eigenvalue weighted by molar-refractivity contribution is 5.84. The Morgan fingerprint density at radius 2 is 1.90 bits per heavy atom. The number of amides is 1. The van der Waals surface area contributed by atoms with E-state index in [1.807, 2.05) is 23.1 Å². The number of rotatable bonds is 7. The molecule has 0 bridgehead atoms. The van der Waals surface area contributed by atoms with Gasteiger partial charge in [-0.2, -0.15) is 0 Å². The largest absolute Gasteiger partial charge is 0.326 e. The van der Waals surface area contributed by atoms with Gasteiger partial charge in [0.1, 0.15) is 0 Å². The van der Waals surface area contributed by atoms with Gasteiger partial charge in [0, 0.05) is 6.04 Å². The van der Waals surface area contributed by atoms with E-state index in [0.717, 1.165) is 18.8 Å². The number of nitrogens with one attached hydrogen (secondary N) is 1. The summed E-state index contributed by atoms with van der Waals surface area (Å²) in [6.45, 7) is 7.37. The summed E-state index contributed by atoms with van der Waals surface area (Å²) < 4.78 is 0. The predicted molar refractivity (Wildman–Crippen MR) is 86.9 cm³/mol. The molecule has 2 unspecified atom stereocenters. The van der Waals surface area contributed by atoms with Crippen molar-refractivity contribution >= 4 is 5.91 Å². The van der Waals surface area contributed by atoms with Crippen LogP contribution in [-0.4, -0.2) is 29.6 Å². The molecule has 116 valence electrons. The van der Waals surface area contributed by atoms with Gasteiger partial charge in [0.25, 0.3) is 0 Å². The molecule has 3 nitrogen and oxygen atoms in total. The first-order valence-electron chi connectivity index (χ1n) is 8.15. The smallest absolute Gasteiger partial charge is 0.241 e. The van der Waals surface area contributed by atoms with Crippen molar-refractivity contribution in [2.24, 2.45) is 5.92 Å². The van der Waals surface area contributed by atoms with Crippen molar-refractivity contribution in [2.45, 2.75) is 58.5 Å². The molecule has 1 N–H and O–H groups in total. The molecular weight excluding hydrogens is 260 g/mol. The van der Waals surface area contributed by atoms with Gasteiger partial charge in [0.05, 0.1) is 12.7 Å². The van der Waals surface area contributed by atoms with E-state index in [0.29, 0.717) is 12.7 Å². The van der Waals surface area contributed by atoms with E-state index < -0.39 is 0 Å². The third kappa shape index (κ3) is 4.57. The van der Waals surface area contributed by atoms with Crippen LogP contribution in [0.4, 0.5) is 0 Å². The predicted octanol–water partition coefficient (Wildman–Crippen LogP) is 3.20. The molecule has 0 aliphatic carbocycles. The highest BCUT2D eigenvalue weighted by atomic mass is 16.2. The molecule has 1 amide bonds. The van der Waals surface area contributed by atoms with Crippen molar-refractivity contribution in [1.82, 2.24) is 10.2 Å². The van der Waals surface area contributed by atoms with Crippen LogP contribution in [0.3, 0.4) is 0 Å². The van der Waals surface area contributed by atoms with Gasteiger partial charge in [-0.05, 0) is 31.2 Å². The third-order valence-electron chi connectivity index (χ3n) is 4.31. The highest BCUT2D eigenvalue weighted by Crippen LogP contribution is 2.17. The van der Waals surface area contributed by atoms with Crippen LogP contribution in [0.2, 0.25) is 0 Å². The molecule has 21 heavy (non-hydrogen) atoms. The molecule has 0 saturated carbocycles. The van der Waals surface area contributed by atoms with Gasteiger partial charge >= 0.3 is 0 Å². The van der Waals surface area contributed by atoms with Crippen molar-refractivity contribution in [2.75, 3.05) is 6.67 Å². The fourth-order valence-electron chi connectivity index (χ4n) is 2.93. The SMILES string of the molecule is CC(C)CCCC(C)N1CNC(Cc2ccccc2)C1=O. The molecule has 1 aliphatic heterocycles. The molecular formula is C18H28N2O. The standard InChI is InChI=1S/C18H28N2O/c1-14(2)8-7-9-15(3)20-13-19-17(18(20)21)12-16-10-5-4-6-11-16/h4-6,10-11,14-15,17,19H,7-9,12-13H2,1-3H3. The molecule has 0 spiro atoms. The van der Waals surface area contributed by atoms with E-state index in [1.165, 1.54) is 18.4 Å². The summed E-state index contributed by atoms with van der Waals surface area (Å²) in [5, 5.41) is 3.36. The van der Waals surface area contributed by atoms with Crippen molar-refractivity contribution in [3.63, 3.8) is 0 Å². The summed E-state index contributed by atoms with van der Waals surface area (Å²) in [5.74, 6) is 1.01. The first-order chi connectivity index (χ1) is 10.1. The Morgan fingerprint density at radius 3 is 2.57 bits per heavy atom. The second-order valence-electron chi connectivity index (χ2n) is 6.59. The molecule has 0 aromatic heterocycles. The lowest BCUT2D eigenvalue weighted by atomic mass is 10.0. The van der Waals surface area contributed by atoms with Crippen molar-refractivity contribution in [3.05, 3.63) is 35.9 Å². The summed E-state index contributed by atoms with van der Waals surface area (Å²) >= 11 is 0. The minimum Gasteiger partial charge on any atom is -0.326 e. The highest BCUT2D eigenvalue weighted by Gasteiger charge is 2.33. The van der Waals surface area contributed by atoms with Crippen LogP contribution in [0.5, 0.6) is 0 Å². The van der Waals surface area contributed by atoms with Gasteiger partial charge in [-0.25, -0.2) is 0 Å². The average Bonchev–Trinajstić information content (AvgIpc) is 2.81. The number of hydrogen-bond acceptors (Lipinski definition) is 2. The lowest BCUT2D eigenvalue weighted by Crippen LogP contribution is -2.37. The van der Waals surface area contributed by atoms with Gasteiger partial charge < -0.3 is 4.90 Å². The van der Waals surface area contributed by atoms with Crippen LogP contribution >= 0.6 is 0 Å². The van der Waals surface area contributed by atoms with Crippen LogP contribution in [0.25, 0.3) is 0 Å². The minimum absolute atomic E-state index is 0.0556. The molecule has 2 rings (SSSR count). The van der Waals surface area contributed by atoms with Crippen LogP contribution in [0.1, 0.15) is 45.6 Å². The quantitative estimate of drug-likeness (QED) is 0.835. The second-order valence-corrected chi connectivity index (χ2v) is 6.59. The first-order valence-corrected chi connectivity index (χ1v) is 8.15. The first kappa shape index (κ1) is 16.0. The molecule has 2 atom stereocenters. The van der Waals surface area contributed by atoms with Gasteiger partial charge in [-0.15, -0.1) is 0 Å². The zero-order valence-electron chi connectivity index (χ0n) is 13.5. The fourth-order valence-corrected chi connectivity index (χ4v) is 2.93. The molecule has 0 radical (unpaired) electrons. The summed E-state index contributed by atoms with van der Waals surface area (Å²) in [6, 6.07) is 10.5. The number of carbonyl (C=O) groups excluding carboxylic acids is 1. The lowest BCUT2D eigenvalue weighted by Gasteiger charge is -2.24. The van der Waals surface area contributed by atoms with Crippen LogP contribution < -0.4 is 5.32 Å². The number of nitrogens with zero attached hydrogens (tertiary/aromatic N) is 1. The maximum absolute atomic E-state index is 12.5. The average molecular weight is 288 g/mol. The minimum atomic E-state index is -0.0556. The number of carbonyl (C=O) groups is 1. The topological polar surface area (TPSA) is 32.3 Å². The van der Waals surface area contributed by atoms with Crippen molar-refractivity contribution < 1.29 is 4.79 Å². The summed E-state index contributed by atoms with van der Waals surface area (Å²) in [4.78, 5) is 14.5. The van der Waals surface area contributed by atoms with Gasteiger partial charge in [-0.3, -0.25) is 10.1 Å².